The number of nitrogens with one attached hydrogen (secondary N) is 2. The normalized spacial score (nSPS) is 11.6. The predicted octanol–water partition coefficient (Wildman–Crippen LogP) is 3.86. The zero-order valence-electron chi connectivity index (χ0n) is 13.8. The Morgan fingerprint density at radius 1 is 1.11 bits per heavy atom. The van der Waals surface area contributed by atoms with Crippen molar-refractivity contribution < 1.29 is 14.2 Å². The van der Waals surface area contributed by atoms with Crippen molar-refractivity contribution in [2.75, 3.05) is 0 Å². The molecule has 140 valence electrons. The topological polar surface area (TPSA) is 95.6 Å². The van der Waals surface area contributed by atoms with E-state index in [1.165, 1.54) is 18.2 Å². The SMILES string of the molecule is ONC(=Nc1ccc(F)c(Cl)c1)c1nonc1CNCc1ccccc1Cl. The van der Waals surface area contributed by atoms with Crippen molar-refractivity contribution in [3.63, 3.8) is 0 Å². The van der Waals surface area contributed by atoms with E-state index in [1.807, 2.05) is 23.7 Å². The summed E-state index contributed by atoms with van der Waals surface area (Å²) in [7, 11) is 0. The molecule has 0 aliphatic heterocycles. The average Bonchev–Trinajstić information content (AvgIpc) is 3.12. The second-order valence-corrected chi connectivity index (χ2v) is 6.24. The summed E-state index contributed by atoms with van der Waals surface area (Å²) in [4.78, 5) is 4.16. The minimum atomic E-state index is -0.568. The van der Waals surface area contributed by atoms with Crippen LogP contribution in [0.4, 0.5) is 10.1 Å². The van der Waals surface area contributed by atoms with Gasteiger partial charge in [0.15, 0.2) is 11.5 Å². The summed E-state index contributed by atoms with van der Waals surface area (Å²) in [6, 6.07) is 11.3. The van der Waals surface area contributed by atoms with Crippen LogP contribution in [0.1, 0.15) is 17.0 Å². The Bertz CT molecular complexity index is 964. The molecule has 0 aliphatic carbocycles. The van der Waals surface area contributed by atoms with E-state index in [-0.39, 0.29) is 23.1 Å². The molecule has 3 aromatic rings. The fraction of sp³-hybridized carbons (Fsp3) is 0.118. The van der Waals surface area contributed by atoms with Crippen LogP contribution in [0.5, 0.6) is 0 Å². The Morgan fingerprint density at radius 3 is 2.67 bits per heavy atom. The highest BCUT2D eigenvalue weighted by atomic mass is 35.5. The van der Waals surface area contributed by atoms with E-state index in [2.05, 4.69) is 20.6 Å². The standard InChI is InChI=1S/C17H14Cl2FN5O2/c18-12-4-2-1-3-10(12)8-21-9-15-16(25-27-24-15)17(23-26)22-11-5-6-14(20)13(19)7-11/h1-7,21,26H,8-9H2,(H,22,23). The fourth-order valence-corrected chi connectivity index (χ4v) is 2.65. The van der Waals surface area contributed by atoms with Gasteiger partial charge in [-0.25, -0.2) is 14.0 Å². The van der Waals surface area contributed by atoms with Crippen LogP contribution < -0.4 is 10.8 Å². The highest BCUT2D eigenvalue weighted by Crippen LogP contribution is 2.22. The Balaban J connectivity index is 1.75. The van der Waals surface area contributed by atoms with Gasteiger partial charge in [0, 0.05) is 18.1 Å². The second kappa shape index (κ2) is 8.92. The lowest BCUT2D eigenvalue weighted by molar-refractivity contribution is 0.234. The third-order valence-electron chi connectivity index (χ3n) is 3.60. The molecule has 2 aromatic carbocycles. The number of aromatic nitrogens is 2. The number of hydroxylamine groups is 1. The van der Waals surface area contributed by atoms with Gasteiger partial charge < -0.3 is 5.32 Å². The fourth-order valence-electron chi connectivity index (χ4n) is 2.27. The number of benzene rings is 2. The lowest BCUT2D eigenvalue weighted by atomic mass is 10.2. The summed E-state index contributed by atoms with van der Waals surface area (Å²) in [5.41, 5.74) is 3.80. The molecule has 1 aromatic heterocycles. The van der Waals surface area contributed by atoms with E-state index in [0.717, 1.165) is 5.56 Å². The number of halogens is 3. The van der Waals surface area contributed by atoms with Crippen molar-refractivity contribution >= 4 is 34.7 Å². The molecule has 3 rings (SSSR count). The molecule has 3 N–H and O–H groups in total. The highest BCUT2D eigenvalue weighted by molar-refractivity contribution is 6.31. The van der Waals surface area contributed by atoms with Crippen LogP contribution in [0.15, 0.2) is 52.1 Å². The van der Waals surface area contributed by atoms with Gasteiger partial charge in [-0.2, -0.15) is 0 Å². The smallest absolute Gasteiger partial charge is 0.182 e. The van der Waals surface area contributed by atoms with Crippen LogP contribution in [-0.4, -0.2) is 21.4 Å². The van der Waals surface area contributed by atoms with Gasteiger partial charge in [-0.15, -0.1) is 0 Å². The van der Waals surface area contributed by atoms with Crippen molar-refractivity contribution in [1.82, 2.24) is 21.1 Å². The minimum Gasteiger partial charge on any atom is -0.307 e. The quantitative estimate of drug-likeness (QED) is 0.325. The van der Waals surface area contributed by atoms with Crippen molar-refractivity contribution in [2.45, 2.75) is 13.1 Å². The number of hydrogen-bond donors (Lipinski definition) is 3. The number of hydrogen-bond acceptors (Lipinski definition) is 6. The predicted molar refractivity (Wildman–Crippen MR) is 98.8 cm³/mol. The Labute approximate surface area is 163 Å². The Morgan fingerprint density at radius 2 is 1.93 bits per heavy atom. The molecular weight excluding hydrogens is 396 g/mol. The lowest BCUT2D eigenvalue weighted by Gasteiger charge is -2.06. The van der Waals surface area contributed by atoms with Gasteiger partial charge in [0.25, 0.3) is 0 Å². The van der Waals surface area contributed by atoms with E-state index in [0.29, 0.717) is 22.9 Å². The van der Waals surface area contributed by atoms with E-state index in [9.17, 15) is 9.60 Å². The third-order valence-corrected chi connectivity index (χ3v) is 4.25. The largest absolute Gasteiger partial charge is 0.307 e. The lowest BCUT2D eigenvalue weighted by Crippen LogP contribution is -2.24. The molecule has 7 nitrogen and oxygen atoms in total. The van der Waals surface area contributed by atoms with Gasteiger partial charge in [0.2, 0.25) is 0 Å². The van der Waals surface area contributed by atoms with Gasteiger partial charge in [-0.3, -0.25) is 10.7 Å². The van der Waals surface area contributed by atoms with Crippen LogP contribution in [0.25, 0.3) is 0 Å². The molecule has 1 heterocycles. The molecule has 0 amide bonds. The van der Waals surface area contributed by atoms with Crippen molar-refractivity contribution in [3.8, 4) is 0 Å². The van der Waals surface area contributed by atoms with Crippen LogP contribution in [0.2, 0.25) is 10.0 Å². The second-order valence-electron chi connectivity index (χ2n) is 5.43. The third kappa shape index (κ3) is 4.81. The van der Waals surface area contributed by atoms with Gasteiger partial charge in [-0.1, -0.05) is 46.6 Å². The molecule has 0 bridgehead atoms. The maximum absolute atomic E-state index is 13.3. The maximum atomic E-state index is 13.3. The average molecular weight is 410 g/mol. The monoisotopic (exact) mass is 409 g/mol. The highest BCUT2D eigenvalue weighted by Gasteiger charge is 2.16. The molecular formula is C17H14Cl2FN5O2. The molecule has 0 radical (unpaired) electrons. The van der Waals surface area contributed by atoms with Crippen molar-refractivity contribution in [2.24, 2.45) is 4.99 Å². The number of amidine groups is 1. The van der Waals surface area contributed by atoms with Gasteiger partial charge >= 0.3 is 0 Å². The van der Waals surface area contributed by atoms with Crippen LogP contribution in [-0.2, 0) is 13.1 Å². The summed E-state index contributed by atoms with van der Waals surface area (Å²) in [6.45, 7) is 0.785. The molecule has 0 aliphatic rings. The van der Waals surface area contributed by atoms with Gasteiger partial charge in [0.05, 0.1) is 10.7 Å². The number of rotatable bonds is 6. The summed E-state index contributed by atoms with van der Waals surface area (Å²) in [6.07, 6.45) is 0. The Hall–Kier alpha value is -2.52. The van der Waals surface area contributed by atoms with Crippen LogP contribution >= 0.6 is 23.2 Å². The summed E-state index contributed by atoms with van der Waals surface area (Å²) in [5, 5.41) is 20.7. The molecule has 0 spiro atoms. The first-order chi connectivity index (χ1) is 13.1. The van der Waals surface area contributed by atoms with Crippen molar-refractivity contribution in [1.29, 1.82) is 0 Å². The zero-order chi connectivity index (χ0) is 19.2. The van der Waals surface area contributed by atoms with Gasteiger partial charge in [-0.05, 0) is 35.0 Å². The molecule has 0 atom stereocenters. The van der Waals surface area contributed by atoms with Crippen molar-refractivity contribution in [3.05, 3.63) is 75.3 Å². The summed E-state index contributed by atoms with van der Waals surface area (Å²) in [5.74, 6) is -0.588. The first-order valence-electron chi connectivity index (χ1n) is 7.78. The molecule has 27 heavy (non-hydrogen) atoms. The van der Waals surface area contributed by atoms with Crippen LogP contribution in [0, 0.1) is 5.82 Å². The summed E-state index contributed by atoms with van der Waals surface area (Å²) < 4.78 is 18.0. The molecule has 10 heteroatoms. The minimum absolute atomic E-state index is 0.0199. The van der Waals surface area contributed by atoms with E-state index < -0.39 is 5.82 Å². The van der Waals surface area contributed by atoms with E-state index >= 15 is 0 Å². The Kier molecular flexibility index (Phi) is 6.36. The number of nitrogens with zero attached hydrogens (tertiary/aromatic N) is 3. The van der Waals surface area contributed by atoms with E-state index in [1.54, 1.807) is 6.07 Å². The molecule has 0 saturated heterocycles. The first-order valence-corrected chi connectivity index (χ1v) is 8.54. The number of aliphatic imine (C=N–C) groups is 1. The van der Waals surface area contributed by atoms with Gasteiger partial charge in [0.1, 0.15) is 11.5 Å². The first kappa shape index (κ1) is 19.2. The molecule has 0 fully saturated rings. The molecule has 0 saturated carbocycles. The zero-order valence-corrected chi connectivity index (χ0v) is 15.3. The maximum Gasteiger partial charge on any atom is 0.182 e. The summed E-state index contributed by atoms with van der Waals surface area (Å²) >= 11 is 11.9. The van der Waals surface area contributed by atoms with E-state index in [4.69, 9.17) is 27.8 Å². The molecule has 0 unspecified atom stereocenters. The van der Waals surface area contributed by atoms with Crippen LogP contribution in [0.3, 0.4) is 0 Å².